The van der Waals surface area contributed by atoms with E-state index in [4.69, 9.17) is 4.98 Å². The van der Waals surface area contributed by atoms with E-state index in [0.717, 1.165) is 35.3 Å². The van der Waals surface area contributed by atoms with Crippen LogP contribution in [0.3, 0.4) is 0 Å². The smallest absolute Gasteiger partial charge is 0.252 e. The van der Waals surface area contributed by atoms with Crippen molar-refractivity contribution in [3.8, 4) is 0 Å². The van der Waals surface area contributed by atoms with Crippen molar-refractivity contribution in [2.24, 2.45) is 5.92 Å². The van der Waals surface area contributed by atoms with Gasteiger partial charge in [-0.1, -0.05) is 44.2 Å². The van der Waals surface area contributed by atoms with Crippen molar-refractivity contribution in [2.75, 3.05) is 13.1 Å². The second kappa shape index (κ2) is 8.92. The van der Waals surface area contributed by atoms with E-state index in [9.17, 15) is 9.59 Å². The number of hydrogen-bond donors (Lipinski definition) is 2. The maximum absolute atomic E-state index is 13.3. The third kappa shape index (κ3) is 4.48. The number of rotatable bonds is 5. The highest BCUT2D eigenvalue weighted by molar-refractivity contribution is 5.98. The van der Waals surface area contributed by atoms with Gasteiger partial charge in [0.05, 0.1) is 11.0 Å². The molecule has 4 rings (SSSR count). The molecule has 6 nitrogen and oxygen atoms in total. The molecule has 1 atom stereocenters. The first kappa shape index (κ1) is 21.1. The number of aromatic nitrogens is 2. The summed E-state index contributed by atoms with van der Waals surface area (Å²) in [5, 5.41) is 2.98. The molecule has 1 fully saturated rings. The number of hydrogen-bond acceptors (Lipinski definition) is 3. The number of piperidine rings is 1. The summed E-state index contributed by atoms with van der Waals surface area (Å²) < 4.78 is 0. The zero-order valence-corrected chi connectivity index (χ0v) is 18.4. The Morgan fingerprint density at radius 1 is 1.06 bits per heavy atom. The zero-order valence-electron chi connectivity index (χ0n) is 18.4. The van der Waals surface area contributed by atoms with Crippen LogP contribution >= 0.6 is 0 Å². The highest BCUT2D eigenvalue weighted by Crippen LogP contribution is 2.28. The standard InChI is InChI=1S/C25H30N4O2/c1-16(2)22(28-24(30)19-9-5-4-8-17(19)3)25(31)29-14-12-18(13-15-29)23-26-20-10-6-7-11-21(20)27-23/h4-11,16,18,22H,12-15H2,1-3H3,(H,26,27)(H,28,30)/t22-/m0/s1. The summed E-state index contributed by atoms with van der Waals surface area (Å²) in [6, 6.07) is 15.0. The molecule has 0 bridgehead atoms. The number of benzene rings is 2. The number of likely N-dealkylation sites (tertiary alicyclic amines) is 1. The van der Waals surface area contributed by atoms with Crippen molar-refractivity contribution in [1.82, 2.24) is 20.2 Å². The van der Waals surface area contributed by atoms with E-state index in [-0.39, 0.29) is 17.7 Å². The molecule has 0 saturated carbocycles. The SMILES string of the molecule is Cc1ccccc1C(=O)N[C@H](C(=O)N1CCC(c2nc3ccccc3[nH]2)CC1)C(C)C. The fraction of sp³-hybridized carbons (Fsp3) is 0.400. The summed E-state index contributed by atoms with van der Waals surface area (Å²) >= 11 is 0. The lowest BCUT2D eigenvalue weighted by molar-refractivity contribution is -0.135. The third-order valence-electron chi connectivity index (χ3n) is 6.21. The minimum Gasteiger partial charge on any atom is -0.342 e. The van der Waals surface area contributed by atoms with Gasteiger partial charge in [-0.25, -0.2) is 4.98 Å². The van der Waals surface area contributed by atoms with E-state index in [0.29, 0.717) is 24.6 Å². The molecule has 0 unspecified atom stereocenters. The van der Waals surface area contributed by atoms with Crippen LogP contribution in [0.15, 0.2) is 48.5 Å². The lowest BCUT2D eigenvalue weighted by Crippen LogP contribution is -2.53. The van der Waals surface area contributed by atoms with Crippen molar-refractivity contribution < 1.29 is 9.59 Å². The molecule has 3 aromatic rings. The average molecular weight is 419 g/mol. The van der Waals surface area contributed by atoms with E-state index >= 15 is 0 Å². The predicted molar refractivity (Wildman–Crippen MR) is 122 cm³/mol. The summed E-state index contributed by atoms with van der Waals surface area (Å²) in [5.74, 6) is 1.13. The molecular formula is C25H30N4O2. The molecule has 2 amide bonds. The minimum absolute atomic E-state index is 0.00000908. The summed E-state index contributed by atoms with van der Waals surface area (Å²) in [6.45, 7) is 7.20. The van der Waals surface area contributed by atoms with E-state index < -0.39 is 6.04 Å². The number of carbonyl (C=O) groups excluding carboxylic acids is 2. The van der Waals surface area contributed by atoms with Gasteiger partial charge in [0.1, 0.15) is 11.9 Å². The Bertz CT molecular complexity index is 1050. The van der Waals surface area contributed by atoms with E-state index in [1.807, 2.05) is 68.1 Å². The fourth-order valence-electron chi connectivity index (χ4n) is 4.30. The minimum atomic E-state index is -0.533. The van der Waals surface area contributed by atoms with Gasteiger partial charge >= 0.3 is 0 Å². The molecule has 162 valence electrons. The van der Waals surface area contributed by atoms with Crippen molar-refractivity contribution in [3.63, 3.8) is 0 Å². The van der Waals surface area contributed by atoms with Crippen LogP contribution in [0.4, 0.5) is 0 Å². The van der Waals surface area contributed by atoms with Crippen LogP contribution in [-0.4, -0.2) is 45.8 Å². The predicted octanol–water partition coefficient (Wildman–Crippen LogP) is 4.03. The summed E-state index contributed by atoms with van der Waals surface area (Å²) in [5.41, 5.74) is 3.55. The van der Waals surface area contributed by atoms with Gasteiger partial charge in [-0.3, -0.25) is 9.59 Å². The number of H-pyrrole nitrogens is 1. The third-order valence-corrected chi connectivity index (χ3v) is 6.21. The highest BCUT2D eigenvalue weighted by Gasteiger charge is 2.32. The fourth-order valence-corrected chi connectivity index (χ4v) is 4.30. The maximum atomic E-state index is 13.3. The van der Waals surface area contributed by atoms with Crippen LogP contribution in [0.2, 0.25) is 0 Å². The number of aromatic amines is 1. The quantitative estimate of drug-likeness (QED) is 0.657. The molecule has 2 heterocycles. The first-order valence-electron chi connectivity index (χ1n) is 11.0. The van der Waals surface area contributed by atoms with Gasteiger partial charge in [0, 0.05) is 24.6 Å². The second-order valence-electron chi connectivity index (χ2n) is 8.75. The van der Waals surface area contributed by atoms with E-state index in [1.54, 1.807) is 6.07 Å². The molecule has 1 aromatic heterocycles. The highest BCUT2D eigenvalue weighted by atomic mass is 16.2. The van der Waals surface area contributed by atoms with Crippen molar-refractivity contribution in [3.05, 3.63) is 65.5 Å². The summed E-state index contributed by atoms with van der Waals surface area (Å²) in [7, 11) is 0. The van der Waals surface area contributed by atoms with Gasteiger partial charge in [-0.05, 0) is 49.4 Å². The number of nitrogens with zero attached hydrogens (tertiary/aromatic N) is 2. The Balaban J connectivity index is 1.41. The van der Waals surface area contributed by atoms with Crippen LogP contribution < -0.4 is 5.32 Å². The lowest BCUT2D eigenvalue weighted by Gasteiger charge is -2.35. The van der Waals surface area contributed by atoms with Crippen molar-refractivity contribution >= 4 is 22.8 Å². The number of imidazole rings is 1. The van der Waals surface area contributed by atoms with E-state index in [1.165, 1.54) is 0 Å². The molecule has 6 heteroatoms. The second-order valence-corrected chi connectivity index (χ2v) is 8.75. The van der Waals surface area contributed by atoms with Gasteiger partial charge < -0.3 is 15.2 Å². The molecule has 2 aromatic carbocycles. The topological polar surface area (TPSA) is 78.1 Å². The molecule has 2 N–H and O–H groups in total. The Hall–Kier alpha value is -3.15. The number of fused-ring (bicyclic) bond motifs is 1. The van der Waals surface area contributed by atoms with Crippen molar-refractivity contribution in [1.29, 1.82) is 0 Å². The molecule has 0 radical (unpaired) electrons. The van der Waals surface area contributed by atoms with Gasteiger partial charge in [0.25, 0.3) is 5.91 Å². The molecule has 1 saturated heterocycles. The van der Waals surface area contributed by atoms with Gasteiger partial charge in [0.2, 0.25) is 5.91 Å². The molecule has 31 heavy (non-hydrogen) atoms. The molecule has 1 aliphatic rings. The molecule has 0 aliphatic carbocycles. The number of carbonyl (C=O) groups is 2. The van der Waals surface area contributed by atoms with Gasteiger partial charge in [-0.2, -0.15) is 0 Å². The first-order chi connectivity index (χ1) is 14.9. The number of amides is 2. The Kier molecular flexibility index (Phi) is 6.07. The maximum Gasteiger partial charge on any atom is 0.252 e. The van der Waals surface area contributed by atoms with Crippen LogP contribution in [0.25, 0.3) is 11.0 Å². The van der Waals surface area contributed by atoms with E-state index in [2.05, 4.69) is 10.3 Å². The van der Waals surface area contributed by atoms with Crippen LogP contribution in [-0.2, 0) is 4.79 Å². The largest absolute Gasteiger partial charge is 0.342 e. The van der Waals surface area contributed by atoms with Crippen LogP contribution in [0, 0.1) is 12.8 Å². The lowest BCUT2D eigenvalue weighted by atomic mass is 9.94. The monoisotopic (exact) mass is 418 g/mol. The average Bonchev–Trinajstić information content (AvgIpc) is 3.21. The van der Waals surface area contributed by atoms with Crippen molar-refractivity contribution in [2.45, 2.75) is 45.6 Å². The normalized spacial score (nSPS) is 15.9. The number of aryl methyl sites for hydroxylation is 1. The molecule has 1 aliphatic heterocycles. The zero-order chi connectivity index (χ0) is 22.0. The van der Waals surface area contributed by atoms with Crippen LogP contribution in [0.5, 0.6) is 0 Å². The summed E-state index contributed by atoms with van der Waals surface area (Å²) in [6.07, 6.45) is 1.73. The Morgan fingerprint density at radius 3 is 2.42 bits per heavy atom. The molecule has 0 spiro atoms. The van der Waals surface area contributed by atoms with Gasteiger partial charge in [0.15, 0.2) is 0 Å². The number of nitrogens with one attached hydrogen (secondary N) is 2. The molecular weight excluding hydrogens is 388 g/mol. The first-order valence-corrected chi connectivity index (χ1v) is 11.0. The Labute approximate surface area is 183 Å². The van der Waals surface area contributed by atoms with Gasteiger partial charge in [-0.15, -0.1) is 0 Å². The summed E-state index contributed by atoms with van der Waals surface area (Å²) in [4.78, 5) is 36.1. The number of para-hydroxylation sites is 2. The Morgan fingerprint density at radius 2 is 1.74 bits per heavy atom. The van der Waals surface area contributed by atoms with Crippen LogP contribution in [0.1, 0.15) is 54.4 Å².